The Labute approximate surface area is 219 Å². The molecule has 12 heteroatoms. The molecule has 0 radical (unpaired) electrons. The molecule has 1 N–H and O–H groups in total. The molecule has 4 rings (SSSR count). The Morgan fingerprint density at radius 2 is 1.95 bits per heavy atom. The van der Waals surface area contributed by atoms with Crippen LogP contribution >= 0.6 is 20.8 Å². The van der Waals surface area contributed by atoms with Crippen LogP contribution in [0.3, 0.4) is 0 Å². The van der Waals surface area contributed by atoms with Crippen molar-refractivity contribution in [3.63, 3.8) is 0 Å². The number of nitrogens with one attached hydrogen (secondary N) is 1. The Balaban J connectivity index is 1.79. The molecule has 0 saturated heterocycles. The number of rotatable bonds is 9. The number of nitrogens with zero attached hydrogens (tertiary/aromatic N) is 3. The van der Waals surface area contributed by atoms with Crippen LogP contribution in [-0.2, 0) is 24.2 Å². The molecule has 0 aromatic carbocycles. The molecule has 198 valence electrons. The van der Waals surface area contributed by atoms with E-state index in [0.29, 0.717) is 29.7 Å². The molecule has 0 spiro atoms. The van der Waals surface area contributed by atoms with Crippen molar-refractivity contribution in [3.8, 4) is 23.0 Å². The summed E-state index contributed by atoms with van der Waals surface area (Å²) in [5.41, 5.74) is 3.66. The Hall–Kier alpha value is -2.55. The van der Waals surface area contributed by atoms with Crippen molar-refractivity contribution in [1.82, 2.24) is 19.9 Å². The first-order valence-corrected chi connectivity index (χ1v) is 12.8. The summed E-state index contributed by atoms with van der Waals surface area (Å²) in [4.78, 5) is 28.3. The number of Topliss-reactive ketones (excluding diaryl/α,β-unsaturated/α-hetero) is 1. The fraction of sp³-hybridized carbons (Fsp3) is 0.440. The third-order valence-electron chi connectivity index (χ3n) is 6.38. The Kier molecular flexibility index (Phi) is 7.93. The molecule has 1 aliphatic rings. The van der Waals surface area contributed by atoms with E-state index in [1.165, 1.54) is 15.4 Å². The van der Waals surface area contributed by atoms with E-state index >= 15 is 4.39 Å². The third-order valence-corrected chi connectivity index (χ3v) is 6.73. The molecule has 7 nitrogen and oxygen atoms in total. The van der Waals surface area contributed by atoms with Gasteiger partial charge in [0.05, 0.1) is 17.9 Å². The second-order valence-electron chi connectivity index (χ2n) is 9.30. The number of hydrogen-bond acceptors (Lipinski definition) is 6. The molecule has 2 unspecified atom stereocenters. The fourth-order valence-corrected chi connectivity index (χ4v) is 4.50. The van der Waals surface area contributed by atoms with Gasteiger partial charge in [0.1, 0.15) is 0 Å². The van der Waals surface area contributed by atoms with Gasteiger partial charge in [0.15, 0.2) is 11.6 Å². The molecule has 2 atom stereocenters. The number of aromatic amines is 1. The molecule has 3 heterocycles. The smallest absolute Gasteiger partial charge is 0.367 e. The molecular formula is C25H27ClF3N4O3P. The molecule has 0 bridgehead atoms. The maximum atomic E-state index is 16.0. The average molecular weight is 555 g/mol. The maximum absolute atomic E-state index is 16.0. The van der Waals surface area contributed by atoms with E-state index in [-0.39, 0.29) is 39.9 Å². The van der Waals surface area contributed by atoms with Gasteiger partial charge in [0.25, 0.3) is 5.88 Å². The summed E-state index contributed by atoms with van der Waals surface area (Å²) in [6.45, 7) is 7.12. The minimum atomic E-state index is -3.49. The lowest BCUT2D eigenvalue weighted by atomic mass is 9.85. The number of pyridine rings is 1. The number of aromatic nitrogens is 4. The van der Waals surface area contributed by atoms with Gasteiger partial charge in [0, 0.05) is 35.1 Å². The molecule has 0 amide bonds. The number of alkyl halides is 2. The monoisotopic (exact) mass is 554 g/mol. The lowest BCUT2D eigenvalue weighted by Gasteiger charge is -2.19. The molecule has 3 aromatic rings. The van der Waals surface area contributed by atoms with Gasteiger partial charge in [-0.3, -0.25) is 4.79 Å². The number of hydrogen-bond donors (Lipinski definition) is 1. The van der Waals surface area contributed by atoms with Gasteiger partial charge in [0.2, 0.25) is 11.2 Å². The van der Waals surface area contributed by atoms with Crippen LogP contribution in [0.1, 0.15) is 72.8 Å². The second-order valence-corrected chi connectivity index (χ2v) is 10.3. The van der Waals surface area contributed by atoms with Gasteiger partial charge in [-0.1, -0.05) is 27.7 Å². The molecule has 0 aliphatic heterocycles. The summed E-state index contributed by atoms with van der Waals surface area (Å²) in [7, 11) is 1.26. The van der Waals surface area contributed by atoms with E-state index in [1.807, 2.05) is 27.7 Å². The van der Waals surface area contributed by atoms with Crippen LogP contribution in [0, 0.1) is 11.7 Å². The topological polar surface area (TPSA) is 90.0 Å². The Bertz CT molecular complexity index is 1340. The van der Waals surface area contributed by atoms with E-state index in [4.69, 9.17) is 16.3 Å². The van der Waals surface area contributed by atoms with E-state index in [1.54, 1.807) is 0 Å². The van der Waals surface area contributed by atoms with Crippen LogP contribution in [-0.4, -0.2) is 31.6 Å². The third kappa shape index (κ3) is 5.66. The summed E-state index contributed by atoms with van der Waals surface area (Å²) in [6.07, 6.45) is 4.51. The predicted octanol–water partition coefficient (Wildman–Crippen LogP) is 6.84. The summed E-state index contributed by atoms with van der Waals surface area (Å²) in [5.74, 6) is -5.09. The van der Waals surface area contributed by atoms with Gasteiger partial charge < -0.3 is 14.5 Å². The first kappa shape index (κ1) is 27.5. The summed E-state index contributed by atoms with van der Waals surface area (Å²) in [6, 6.07) is 0. The highest BCUT2D eigenvalue weighted by Gasteiger charge is 2.33. The summed E-state index contributed by atoms with van der Waals surface area (Å²) >= 11 is 5.87. The minimum absolute atomic E-state index is 0.00773. The van der Waals surface area contributed by atoms with Crippen molar-refractivity contribution in [2.24, 2.45) is 5.92 Å². The highest BCUT2D eigenvalue weighted by molar-refractivity contribution is 7.17. The van der Waals surface area contributed by atoms with Gasteiger partial charge in [-0.15, -0.1) is 0 Å². The van der Waals surface area contributed by atoms with Crippen molar-refractivity contribution in [2.75, 3.05) is 0 Å². The molecule has 1 aliphatic carbocycles. The Morgan fingerprint density at radius 1 is 1.22 bits per heavy atom. The highest BCUT2D eigenvalue weighted by atomic mass is 35.5. The number of ether oxygens (including phenoxy) is 2. The number of ketones is 1. The number of halogens is 4. The van der Waals surface area contributed by atoms with Crippen molar-refractivity contribution in [2.45, 2.75) is 65.3 Å². The van der Waals surface area contributed by atoms with E-state index < -0.39 is 24.2 Å². The van der Waals surface area contributed by atoms with Crippen LogP contribution in [0.5, 0.6) is 11.8 Å². The average Bonchev–Trinajstić information content (AvgIpc) is 3.23. The number of carbonyl (C=O) groups excluding carboxylic acids is 1. The predicted molar refractivity (Wildman–Crippen MR) is 136 cm³/mol. The van der Waals surface area contributed by atoms with Gasteiger partial charge in [-0.2, -0.15) is 13.8 Å². The lowest BCUT2D eigenvalue weighted by molar-refractivity contribution is -0.171. The normalized spacial score (nSPS) is 13.9. The molecule has 0 fully saturated rings. The number of carbonyl (C=O) groups is 1. The number of aryl methyl sites for hydroxylation is 1. The van der Waals surface area contributed by atoms with Crippen LogP contribution in [0.2, 0.25) is 5.28 Å². The highest BCUT2D eigenvalue weighted by Crippen LogP contribution is 2.43. The van der Waals surface area contributed by atoms with E-state index in [2.05, 4.69) is 24.7 Å². The Morgan fingerprint density at radius 3 is 2.59 bits per heavy atom. The van der Waals surface area contributed by atoms with Crippen molar-refractivity contribution >= 4 is 26.6 Å². The van der Waals surface area contributed by atoms with E-state index in [0.717, 1.165) is 23.9 Å². The number of fused-ring (bicyclic) bond motifs is 3. The summed E-state index contributed by atoms with van der Waals surface area (Å²) in [5, 5.41) is -0.226. The standard InChI is InChI=1S/C25H27ClF3N4O3P/c1-5-12(4)19-17(21(34)11(2)3)15-7-6-13-8-30-23(18(27)16(13)20(15)32-19)36-22-14(9-31-24(26)33-22)10-35-25(28,29)37/h8-9,11-12,32H,5-7,10,37H2,1-4H3. The molecular weight excluding hydrogens is 528 g/mol. The van der Waals surface area contributed by atoms with Crippen LogP contribution in [0.4, 0.5) is 13.2 Å². The SMILES string of the molecule is CCC(C)c1[nH]c2c(c1C(=O)C(C)C)CCc1cnc(Oc3nc(Cl)ncc3COC(F)(F)P)c(F)c1-2. The molecule has 37 heavy (non-hydrogen) atoms. The first-order chi connectivity index (χ1) is 17.4. The number of H-pyrrole nitrogens is 1. The maximum Gasteiger partial charge on any atom is 0.367 e. The zero-order valence-electron chi connectivity index (χ0n) is 20.8. The molecule has 3 aromatic heterocycles. The van der Waals surface area contributed by atoms with Gasteiger partial charge in [-0.25, -0.2) is 14.4 Å². The van der Waals surface area contributed by atoms with Crippen LogP contribution in [0.25, 0.3) is 11.3 Å². The quantitative estimate of drug-likeness (QED) is 0.177. The minimum Gasteiger partial charge on any atom is -0.417 e. The first-order valence-electron chi connectivity index (χ1n) is 11.9. The van der Waals surface area contributed by atoms with Crippen LogP contribution in [0.15, 0.2) is 12.4 Å². The second kappa shape index (κ2) is 10.7. The fourth-order valence-electron chi connectivity index (χ4n) is 4.29. The van der Waals surface area contributed by atoms with Crippen molar-refractivity contribution in [1.29, 1.82) is 0 Å². The van der Waals surface area contributed by atoms with Crippen LogP contribution < -0.4 is 4.74 Å². The largest absolute Gasteiger partial charge is 0.417 e. The zero-order valence-corrected chi connectivity index (χ0v) is 22.7. The van der Waals surface area contributed by atoms with Gasteiger partial charge >= 0.3 is 5.85 Å². The molecule has 0 saturated carbocycles. The van der Waals surface area contributed by atoms with E-state index in [9.17, 15) is 13.6 Å². The zero-order chi connectivity index (χ0) is 27.1. The van der Waals surface area contributed by atoms with Crippen molar-refractivity contribution < 1.29 is 27.4 Å². The lowest BCUT2D eigenvalue weighted by Crippen LogP contribution is -2.15. The van der Waals surface area contributed by atoms with Gasteiger partial charge in [-0.05, 0) is 57.1 Å². The summed E-state index contributed by atoms with van der Waals surface area (Å²) < 4.78 is 52.5. The van der Waals surface area contributed by atoms with Crippen molar-refractivity contribution in [3.05, 3.63) is 51.4 Å².